The minimum atomic E-state index is -0.0389. The third-order valence-electron chi connectivity index (χ3n) is 6.38. The van der Waals surface area contributed by atoms with E-state index < -0.39 is 0 Å². The first kappa shape index (κ1) is 15.3. The Bertz CT molecular complexity index is 367. The summed E-state index contributed by atoms with van der Waals surface area (Å²) in [6.07, 6.45) is 10.2. The van der Waals surface area contributed by atoms with Crippen LogP contribution in [0.15, 0.2) is 0 Å². The van der Waals surface area contributed by atoms with Crippen molar-refractivity contribution in [2.24, 2.45) is 29.6 Å². The van der Waals surface area contributed by atoms with Crippen LogP contribution in [0.4, 0.5) is 0 Å². The average molecular weight is 294 g/mol. The molecule has 0 aromatic carbocycles. The molecule has 0 unspecified atom stereocenters. The first-order valence-corrected chi connectivity index (χ1v) is 9.01. The third-order valence-corrected chi connectivity index (χ3v) is 6.38. The number of aliphatic hydroxyl groups excluding tert-OH is 1. The Hall–Kier alpha value is -0.570. The Morgan fingerprint density at radius 3 is 2.38 bits per heavy atom. The van der Waals surface area contributed by atoms with Crippen LogP contribution in [-0.2, 0) is 9.53 Å². The highest BCUT2D eigenvalue weighted by Crippen LogP contribution is 2.52. The van der Waals surface area contributed by atoms with E-state index >= 15 is 0 Å². The van der Waals surface area contributed by atoms with E-state index in [0.29, 0.717) is 18.9 Å². The molecule has 0 amide bonds. The summed E-state index contributed by atoms with van der Waals surface area (Å²) in [5.41, 5.74) is 0. The van der Waals surface area contributed by atoms with E-state index in [-0.39, 0.29) is 12.1 Å². The zero-order valence-corrected chi connectivity index (χ0v) is 13.3. The molecule has 3 rings (SSSR count). The summed E-state index contributed by atoms with van der Waals surface area (Å²) >= 11 is 0. The van der Waals surface area contributed by atoms with Gasteiger partial charge in [0.1, 0.15) is 0 Å². The van der Waals surface area contributed by atoms with Gasteiger partial charge in [-0.05, 0) is 87.9 Å². The summed E-state index contributed by atoms with van der Waals surface area (Å²) in [6.45, 7) is 2.39. The van der Waals surface area contributed by atoms with Gasteiger partial charge < -0.3 is 9.84 Å². The standard InChI is InChI=1S/C18H30O3/c1-2-21-18(20)10-12-3-7-16-13(9-12)4-5-14-11-15(19)6-8-17(14)16/h12-17,19H,2-11H2,1H3/t12-,13-,14-,15-,16-,17-/m1/s1. The fraction of sp³-hybridized carbons (Fsp3) is 0.944. The molecule has 3 nitrogen and oxygen atoms in total. The molecule has 6 atom stereocenters. The van der Waals surface area contributed by atoms with E-state index in [9.17, 15) is 9.90 Å². The Morgan fingerprint density at radius 1 is 1.00 bits per heavy atom. The van der Waals surface area contributed by atoms with E-state index in [1.54, 1.807) is 0 Å². The minimum absolute atomic E-state index is 0.00424. The maximum atomic E-state index is 11.7. The highest BCUT2D eigenvalue weighted by atomic mass is 16.5. The van der Waals surface area contributed by atoms with Gasteiger partial charge in [-0.15, -0.1) is 0 Å². The zero-order chi connectivity index (χ0) is 14.8. The molecule has 0 aliphatic heterocycles. The molecule has 0 spiro atoms. The molecule has 120 valence electrons. The lowest BCUT2D eigenvalue weighted by Crippen LogP contribution is -2.42. The van der Waals surface area contributed by atoms with Gasteiger partial charge in [0.05, 0.1) is 12.7 Å². The second-order valence-corrected chi connectivity index (χ2v) is 7.58. The third kappa shape index (κ3) is 3.44. The van der Waals surface area contributed by atoms with Crippen molar-refractivity contribution in [2.45, 2.75) is 70.8 Å². The van der Waals surface area contributed by atoms with E-state index in [4.69, 9.17) is 4.74 Å². The van der Waals surface area contributed by atoms with Gasteiger partial charge in [0.2, 0.25) is 0 Å². The topological polar surface area (TPSA) is 46.5 Å². The van der Waals surface area contributed by atoms with Crippen molar-refractivity contribution >= 4 is 5.97 Å². The SMILES string of the molecule is CCOC(=O)C[C@@H]1CC[C@@H]2[C@H](CC[C@@H]3C[C@H](O)CC[C@H]32)C1. The Kier molecular flexibility index (Phi) is 4.88. The smallest absolute Gasteiger partial charge is 0.306 e. The van der Waals surface area contributed by atoms with Gasteiger partial charge in [-0.1, -0.05) is 0 Å². The number of ether oxygens (including phenoxy) is 1. The molecule has 3 fully saturated rings. The van der Waals surface area contributed by atoms with Crippen LogP contribution in [0.2, 0.25) is 0 Å². The molecule has 0 bridgehead atoms. The van der Waals surface area contributed by atoms with Crippen molar-refractivity contribution in [3.63, 3.8) is 0 Å². The number of carbonyl (C=O) groups is 1. The fourth-order valence-electron chi connectivity index (χ4n) is 5.51. The molecule has 0 radical (unpaired) electrons. The molecule has 0 aromatic heterocycles. The molecule has 0 aromatic rings. The number of aliphatic hydroxyl groups is 1. The summed E-state index contributed by atoms with van der Waals surface area (Å²) in [5.74, 6) is 3.88. The highest BCUT2D eigenvalue weighted by Gasteiger charge is 2.44. The largest absolute Gasteiger partial charge is 0.466 e. The highest BCUT2D eigenvalue weighted by molar-refractivity contribution is 5.69. The quantitative estimate of drug-likeness (QED) is 0.810. The van der Waals surface area contributed by atoms with Crippen LogP contribution >= 0.6 is 0 Å². The molecule has 21 heavy (non-hydrogen) atoms. The monoisotopic (exact) mass is 294 g/mol. The number of esters is 1. The molecule has 1 N–H and O–H groups in total. The van der Waals surface area contributed by atoms with Crippen molar-refractivity contribution in [1.29, 1.82) is 0 Å². The van der Waals surface area contributed by atoms with Gasteiger partial charge in [0, 0.05) is 6.42 Å². The van der Waals surface area contributed by atoms with Gasteiger partial charge in [-0.2, -0.15) is 0 Å². The lowest BCUT2D eigenvalue weighted by Gasteiger charge is -2.50. The predicted octanol–water partition coefficient (Wildman–Crippen LogP) is 3.54. The second kappa shape index (κ2) is 6.68. The molecule has 0 heterocycles. The van der Waals surface area contributed by atoms with Crippen molar-refractivity contribution in [1.82, 2.24) is 0 Å². The number of hydrogen-bond acceptors (Lipinski definition) is 3. The maximum absolute atomic E-state index is 11.7. The van der Waals surface area contributed by atoms with Crippen LogP contribution in [0.25, 0.3) is 0 Å². The Labute approximate surface area is 128 Å². The van der Waals surface area contributed by atoms with E-state index in [0.717, 1.165) is 36.5 Å². The predicted molar refractivity (Wildman–Crippen MR) is 81.6 cm³/mol. The number of carbonyl (C=O) groups excluding carboxylic acids is 1. The molecule has 3 saturated carbocycles. The van der Waals surface area contributed by atoms with Gasteiger partial charge in [0.25, 0.3) is 0 Å². The van der Waals surface area contributed by atoms with Gasteiger partial charge in [0.15, 0.2) is 0 Å². The van der Waals surface area contributed by atoms with E-state index in [1.165, 1.54) is 38.5 Å². The molecule has 0 saturated heterocycles. The summed E-state index contributed by atoms with van der Waals surface area (Å²) < 4.78 is 5.11. The first-order chi connectivity index (χ1) is 10.2. The van der Waals surface area contributed by atoms with Crippen molar-refractivity contribution < 1.29 is 14.6 Å². The minimum Gasteiger partial charge on any atom is -0.466 e. The number of rotatable bonds is 3. The summed E-state index contributed by atoms with van der Waals surface area (Å²) in [7, 11) is 0. The average Bonchev–Trinajstić information content (AvgIpc) is 2.46. The van der Waals surface area contributed by atoms with Crippen LogP contribution in [-0.4, -0.2) is 23.8 Å². The van der Waals surface area contributed by atoms with Crippen LogP contribution in [0, 0.1) is 29.6 Å². The van der Waals surface area contributed by atoms with Crippen molar-refractivity contribution in [3.05, 3.63) is 0 Å². The molecule has 3 aliphatic rings. The second-order valence-electron chi connectivity index (χ2n) is 7.58. The Morgan fingerprint density at radius 2 is 1.67 bits per heavy atom. The van der Waals surface area contributed by atoms with Crippen LogP contribution < -0.4 is 0 Å². The fourth-order valence-corrected chi connectivity index (χ4v) is 5.51. The maximum Gasteiger partial charge on any atom is 0.306 e. The lowest BCUT2D eigenvalue weighted by molar-refractivity contribution is -0.145. The Balaban J connectivity index is 1.55. The van der Waals surface area contributed by atoms with Gasteiger partial charge >= 0.3 is 5.97 Å². The lowest BCUT2D eigenvalue weighted by atomic mass is 9.56. The normalized spacial score (nSPS) is 42.8. The van der Waals surface area contributed by atoms with Gasteiger partial charge in [-0.3, -0.25) is 4.79 Å². The summed E-state index contributed by atoms with van der Waals surface area (Å²) in [5, 5.41) is 9.88. The first-order valence-electron chi connectivity index (χ1n) is 9.01. The zero-order valence-electron chi connectivity index (χ0n) is 13.3. The molecular formula is C18H30O3. The number of hydrogen-bond donors (Lipinski definition) is 1. The molecule has 3 heteroatoms. The van der Waals surface area contributed by atoms with E-state index in [2.05, 4.69) is 0 Å². The molecular weight excluding hydrogens is 264 g/mol. The van der Waals surface area contributed by atoms with Crippen molar-refractivity contribution in [3.8, 4) is 0 Å². The van der Waals surface area contributed by atoms with Crippen LogP contribution in [0.1, 0.15) is 64.7 Å². The van der Waals surface area contributed by atoms with Crippen molar-refractivity contribution in [2.75, 3.05) is 6.61 Å². The summed E-state index contributed by atoms with van der Waals surface area (Å²) in [4.78, 5) is 11.7. The van der Waals surface area contributed by atoms with E-state index in [1.807, 2.05) is 6.92 Å². The molecule has 3 aliphatic carbocycles. The number of fused-ring (bicyclic) bond motifs is 3. The van der Waals surface area contributed by atoms with Crippen LogP contribution in [0.3, 0.4) is 0 Å². The van der Waals surface area contributed by atoms with Gasteiger partial charge in [-0.25, -0.2) is 0 Å². The van der Waals surface area contributed by atoms with Crippen LogP contribution in [0.5, 0.6) is 0 Å². The summed E-state index contributed by atoms with van der Waals surface area (Å²) in [6, 6.07) is 0.